The number of aromatic hydroxyl groups is 1. The number of nitrogens with two attached hydrogens (primary N) is 1. The van der Waals surface area contributed by atoms with Crippen molar-refractivity contribution in [2.45, 2.75) is 25.8 Å². The highest BCUT2D eigenvalue weighted by Crippen LogP contribution is 2.28. The first-order valence-electron chi connectivity index (χ1n) is 5.99. The number of carbonyl (C=O) groups excluding carboxylic acids is 1. The molecule has 1 aromatic rings. The van der Waals surface area contributed by atoms with Crippen molar-refractivity contribution in [2.75, 3.05) is 13.7 Å². The average molecular weight is 252 g/mol. The minimum atomic E-state index is -0.263. The Morgan fingerprint density at radius 3 is 2.89 bits per heavy atom. The van der Waals surface area contributed by atoms with Gasteiger partial charge in [-0.3, -0.25) is 4.79 Å². The van der Waals surface area contributed by atoms with Crippen molar-refractivity contribution in [1.29, 1.82) is 0 Å². The minimum Gasteiger partial charge on any atom is -0.504 e. The van der Waals surface area contributed by atoms with Crippen LogP contribution in [0.4, 0.5) is 0 Å². The number of nitrogens with one attached hydrogen (secondary N) is 1. The first-order valence-corrected chi connectivity index (χ1v) is 5.99. The van der Waals surface area contributed by atoms with Gasteiger partial charge in [0.05, 0.1) is 7.11 Å². The van der Waals surface area contributed by atoms with E-state index in [0.717, 1.165) is 24.9 Å². The summed E-state index contributed by atoms with van der Waals surface area (Å²) in [5, 5.41) is 13.0. The predicted molar refractivity (Wildman–Crippen MR) is 69.4 cm³/mol. The van der Waals surface area contributed by atoms with E-state index < -0.39 is 0 Å². The monoisotopic (exact) mass is 252 g/mol. The van der Waals surface area contributed by atoms with Crippen LogP contribution >= 0.6 is 0 Å². The van der Waals surface area contributed by atoms with Crippen LogP contribution in [0.5, 0.6) is 11.5 Å². The fourth-order valence-electron chi connectivity index (χ4n) is 1.65. The highest BCUT2D eigenvalue weighted by atomic mass is 16.5. The third-order valence-electron chi connectivity index (χ3n) is 2.64. The molecule has 0 saturated heterocycles. The number of carbonyl (C=O) groups is 1. The zero-order chi connectivity index (χ0) is 13.4. The number of phenolic OH excluding ortho intramolecular Hbond substituents is 1. The molecular formula is C13H20N2O3. The largest absolute Gasteiger partial charge is 0.504 e. The SMILES string of the molecule is COc1cccc(CNCCCCC(N)=O)c1O. The number of amides is 1. The van der Waals surface area contributed by atoms with E-state index in [-0.39, 0.29) is 11.7 Å². The Hall–Kier alpha value is -1.75. The van der Waals surface area contributed by atoms with Crippen molar-refractivity contribution in [3.8, 4) is 11.5 Å². The number of ether oxygens (including phenoxy) is 1. The molecule has 18 heavy (non-hydrogen) atoms. The Morgan fingerprint density at radius 2 is 2.22 bits per heavy atom. The van der Waals surface area contributed by atoms with Crippen LogP contribution in [-0.4, -0.2) is 24.7 Å². The zero-order valence-corrected chi connectivity index (χ0v) is 10.6. The van der Waals surface area contributed by atoms with Crippen LogP contribution in [0.25, 0.3) is 0 Å². The molecule has 100 valence electrons. The Bertz CT molecular complexity index is 394. The van der Waals surface area contributed by atoms with Crippen LogP contribution in [0.15, 0.2) is 18.2 Å². The van der Waals surface area contributed by atoms with Crippen LogP contribution in [0.3, 0.4) is 0 Å². The van der Waals surface area contributed by atoms with Gasteiger partial charge in [0.15, 0.2) is 11.5 Å². The van der Waals surface area contributed by atoms with Crippen LogP contribution < -0.4 is 15.8 Å². The summed E-state index contributed by atoms with van der Waals surface area (Å²) in [6.45, 7) is 1.35. The lowest BCUT2D eigenvalue weighted by Gasteiger charge is -2.09. The molecule has 1 rings (SSSR count). The van der Waals surface area contributed by atoms with Crippen LogP contribution in [0.1, 0.15) is 24.8 Å². The summed E-state index contributed by atoms with van der Waals surface area (Å²) < 4.78 is 5.03. The van der Waals surface area contributed by atoms with Crippen molar-refractivity contribution < 1.29 is 14.6 Å². The van der Waals surface area contributed by atoms with Gasteiger partial charge >= 0.3 is 0 Å². The Kier molecular flexibility index (Phi) is 6.00. The summed E-state index contributed by atoms with van der Waals surface area (Å²) in [5.41, 5.74) is 5.84. The molecule has 5 nitrogen and oxygen atoms in total. The second kappa shape index (κ2) is 7.55. The van der Waals surface area contributed by atoms with Gasteiger partial charge in [0.25, 0.3) is 0 Å². The molecule has 0 aliphatic heterocycles. The second-order valence-corrected chi connectivity index (χ2v) is 4.07. The average Bonchev–Trinajstić information content (AvgIpc) is 2.35. The van der Waals surface area contributed by atoms with Gasteiger partial charge in [-0.2, -0.15) is 0 Å². The summed E-state index contributed by atoms with van der Waals surface area (Å²) in [7, 11) is 1.52. The third kappa shape index (κ3) is 4.63. The first-order chi connectivity index (χ1) is 8.65. The predicted octanol–water partition coefficient (Wildman–Crippen LogP) is 1.15. The maximum atomic E-state index is 10.5. The van der Waals surface area contributed by atoms with Crippen molar-refractivity contribution >= 4 is 5.91 Å². The Labute approximate surface area is 107 Å². The number of hydrogen-bond acceptors (Lipinski definition) is 4. The van der Waals surface area contributed by atoms with Gasteiger partial charge in [-0.15, -0.1) is 0 Å². The van der Waals surface area contributed by atoms with E-state index in [1.165, 1.54) is 7.11 Å². The van der Waals surface area contributed by atoms with E-state index in [0.29, 0.717) is 18.7 Å². The number of methoxy groups -OCH3 is 1. The Morgan fingerprint density at radius 1 is 1.44 bits per heavy atom. The molecule has 0 bridgehead atoms. The van der Waals surface area contributed by atoms with Crippen LogP contribution in [-0.2, 0) is 11.3 Å². The van der Waals surface area contributed by atoms with E-state index in [1.54, 1.807) is 6.07 Å². The van der Waals surface area contributed by atoms with Gasteiger partial charge in [-0.25, -0.2) is 0 Å². The maximum Gasteiger partial charge on any atom is 0.217 e. The molecule has 0 aliphatic carbocycles. The maximum absolute atomic E-state index is 10.5. The van der Waals surface area contributed by atoms with Gasteiger partial charge in [0.2, 0.25) is 5.91 Å². The van der Waals surface area contributed by atoms with Gasteiger partial charge in [-0.1, -0.05) is 12.1 Å². The van der Waals surface area contributed by atoms with Crippen molar-refractivity contribution in [1.82, 2.24) is 5.32 Å². The molecule has 0 aromatic heterocycles. The number of benzene rings is 1. The molecule has 0 saturated carbocycles. The Balaban J connectivity index is 2.29. The van der Waals surface area contributed by atoms with E-state index >= 15 is 0 Å². The molecule has 1 aromatic carbocycles. The lowest BCUT2D eigenvalue weighted by molar-refractivity contribution is -0.118. The molecule has 1 amide bonds. The van der Waals surface area contributed by atoms with E-state index in [9.17, 15) is 9.90 Å². The molecule has 4 N–H and O–H groups in total. The molecule has 0 radical (unpaired) electrons. The highest BCUT2D eigenvalue weighted by molar-refractivity contribution is 5.73. The van der Waals surface area contributed by atoms with Crippen molar-refractivity contribution in [3.63, 3.8) is 0 Å². The molecular weight excluding hydrogens is 232 g/mol. The van der Waals surface area contributed by atoms with Crippen LogP contribution in [0.2, 0.25) is 0 Å². The normalized spacial score (nSPS) is 10.3. The smallest absolute Gasteiger partial charge is 0.217 e. The number of para-hydroxylation sites is 1. The van der Waals surface area contributed by atoms with Gasteiger partial charge in [-0.05, 0) is 25.5 Å². The number of phenols is 1. The molecule has 0 aliphatic rings. The second-order valence-electron chi connectivity index (χ2n) is 4.07. The molecule has 0 atom stereocenters. The summed E-state index contributed by atoms with van der Waals surface area (Å²) in [6, 6.07) is 5.39. The number of rotatable bonds is 8. The van der Waals surface area contributed by atoms with E-state index in [2.05, 4.69) is 5.32 Å². The molecule has 0 heterocycles. The van der Waals surface area contributed by atoms with Gasteiger partial charge < -0.3 is 20.9 Å². The highest BCUT2D eigenvalue weighted by Gasteiger charge is 2.06. The molecule has 5 heteroatoms. The quantitative estimate of drug-likeness (QED) is 0.606. The van der Waals surface area contributed by atoms with Crippen molar-refractivity contribution in [2.24, 2.45) is 5.73 Å². The summed E-state index contributed by atoms with van der Waals surface area (Å²) in [6.07, 6.45) is 2.09. The number of primary amides is 1. The van der Waals surface area contributed by atoms with Crippen molar-refractivity contribution in [3.05, 3.63) is 23.8 Å². The fourth-order valence-corrected chi connectivity index (χ4v) is 1.65. The molecule has 0 fully saturated rings. The topological polar surface area (TPSA) is 84.6 Å². The molecule has 0 unspecified atom stereocenters. The summed E-state index contributed by atoms with van der Waals surface area (Å²) in [5.74, 6) is 0.383. The fraction of sp³-hybridized carbons (Fsp3) is 0.462. The van der Waals surface area contributed by atoms with E-state index in [1.807, 2.05) is 12.1 Å². The number of hydrogen-bond donors (Lipinski definition) is 3. The lowest BCUT2D eigenvalue weighted by atomic mass is 10.1. The standard InChI is InChI=1S/C13H20N2O3/c1-18-11-6-4-5-10(13(11)17)9-15-8-3-2-7-12(14)16/h4-6,15,17H,2-3,7-9H2,1H3,(H2,14,16). The summed E-state index contributed by atoms with van der Waals surface area (Å²) >= 11 is 0. The third-order valence-corrected chi connectivity index (χ3v) is 2.64. The zero-order valence-electron chi connectivity index (χ0n) is 10.6. The van der Waals surface area contributed by atoms with Crippen LogP contribution in [0, 0.1) is 0 Å². The minimum absolute atomic E-state index is 0.171. The molecule has 0 spiro atoms. The lowest BCUT2D eigenvalue weighted by Crippen LogP contribution is -2.16. The van der Waals surface area contributed by atoms with E-state index in [4.69, 9.17) is 10.5 Å². The number of unbranched alkanes of at least 4 members (excludes halogenated alkanes) is 1. The summed E-state index contributed by atoms with van der Waals surface area (Å²) in [4.78, 5) is 10.5. The van der Waals surface area contributed by atoms with Gasteiger partial charge in [0, 0.05) is 18.5 Å². The first kappa shape index (κ1) is 14.3. The van der Waals surface area contributed by atoms with Gasteiger partial charge in [0.1, 0.15) is 0 Å².